The molecule has 4 rings (SSSR count). The molecule has 0 unspecified atom stereocenters. The van der Waals surface area contributed by atoms with Crippen LogP contribution in [0.25, 0.3) is 27.8 Å². The lowest BCUT2D eigenvalue weighted by atomic mass is 10.0. The minimum Gasteiger partial charge on any atom is -0.508 e. The van der Waals surface area contributed by atoms with Crippen molar-refractivity contribution in [2.45, 2.75) is 13.8 Å². The van der Waals surface area contributed by atoms with Crippen molar-refractivity contribution in [1.82, 2.24) is 14.8 Å². The lowest BCUT2D eigenvalue weighted by Crippen LogP contribution is -2.00. The van der Waals surface area contributed by atoms with E-state index in [1.165, 1.54) is 0 Å². The molecule has 1 heterocycles. The van der Waals surface area contributed by atoms with E-state index in [9.17, 15) is 5.11 Å². The maximum atomic E-state index is 9.70. The molecule has 5 heteroatoms. The summed E-state index contributed by atoms with van der Waals surface area (Å²) in [5.74, 6) is 0.973. The van der Waals surface area contributed by atoms with Gasteiger partial charge < -0.3 is 5.11 Å². The number of benzene rings is 3. The highest BCUT2D eigenvalue weighted by atomic mass is 32.1. The number of aromatic amines is 1. The predicted octanol–water partition coefficient (Wildman–Crippen LogP) is 5.07. The minimum absolute atomic E-state index is 0.239. The molecule has 1 aromatic heterocycles. The molecule has 0 amide bonds. The zero-order valence-corrected chi connectivity index (χ0v) is 14.8. The fraction of sp³-hybridized carbons (Fsp3) is 0.100. The normalized spacial score (nSPS) is 11.1. The molecule has 4 nitrogen and oxygen atoms in total. The second-order valence-corrected chi connectivity index (χ2v) is 6.58. The summed E-state index contributed by atoms with van der Waals surface area (Å²) >= 11 is 5.53. The van der Waals surface area contributed by atoms with Crippen LogP contribution in [0.15, 0.2) is 54.6 Å². The molecule has 0 aliphatic rings. The molecule has 0 aliphatic heterocycles. The van der Waals surface area contributed by atoms with Crippen molar-refractivity contribution < 1.29 is 5.11 Å². The zero-order chi connectivity index (χ0) is 17.6. The van der Waals surface area contributed by atoms with Crippen LogP contribution in [-0.4, -0.2) is 19.9 Å². The van der Waals surface area contributed by atoms with E-state index in [2.05, 4.69) is 41.4 Å². The van der Waals surface area contributed by atoms with Crippen LogP contribution in [-0.2, 0) is 0 Å². The molecular formula is C20H17N3OS. The average Bonchev–Trinajstić information content (AvgIpc) is 2.95. The molecule has 0 radical (unpaired) electrons. The molecule has 0 spiro atoms. The van der Waals surface area contributed by atoms with Crippen molar-refractivity contribution >= 4 is 23.0 Å². The van der Waals surface area contributed by atoms with E-state index in [4.69, 9.17) is 12.2 Å². The maximum absolute atomic E-state index is 9.70. The van der Waals surface area contributed by atoms with Crippen LogP contribution in [0.5, 0.6) is 5.75 Å². The van der Waals surface area contributed by atoms with Crippen molar-refractivity contribution in [2.75, 3.05) is 0 Å². The Balaban J connectivity index is 2.06. The molecule has 0 fully saturated rings. The van der Waals surface area contributed by atoms with E-state index in [-0.39, 0.29) is 5.75 Å². The molecule has 25 heavy (non-hydrogen) atoms. The number of phenols is 1. The number of hydrogen-bond donors (Lipinski definition) is 2. The summed E-state index contributed by atoms with van der Waals surface area (Å²) in [7, 11) is 0. The highest BCUT2D eigenvalue weighted by Crippen LogP contribution is 2.31. The molecule has 0 atom stereocenters. The van der Waals surface area contributed by atoms with Gasteiger partial charge in [-0.25, -0.2) is 0 Å². The molecule has 2 N–H and O–H groups in total. The fourth-order valence-corrected chi connectivity index (χ4v) is 3.45. The number of aryl methyl sites for hydroxylation is 2. The zero-order valence-electron chi connectivity index (χ0n) is 13.9. The Morgan fingerprint density at radius 2 is 1.84 bits per heavy atom. The van der Waals surface area contributed by atoms with Gasteiger partial charge in [0.05, 0.1) is 5.69 Å². The summed E-state index contributed by atoms with van der Waals surface area (Å²) < 4.78 is 2.50. The Morgan fingerprint density at radius 1 is 1.04 bits per heavy atom. The molecule has 0 saturated heterocycles. The molecule has 0 bridgehead atoms. The number of aromatic nitrogens is 3. The van der Waals surface area contributed by atoms with Gasteiger partial charge in [0.25, 0.3) is 0 Å². The second kappa shape index (κ2) is 5.86. The monoisotopic (exact) mass is 347 g/mol. The maximum Gasteiger partial charge on any atom is 0.200 e. The summed E-state index contributed by atoms with van der Waals surface area (Å²) in [5, 5.41) is 19.3. The molecular weight excluding hydrogens is 330 g/mol. The average molecular weight is 347 g/mol. The first-order chi connectivity index (χ1) is 12.0. The van der Waals surface area contributed by atoms with Crippen molar-refractivity contribution in [3.63, 3.8) is 0 Å². The molecule has 0 aliphatic carbocycles. The number of rotatable bonds is 2. The standard InChI is InChI=1S/C20H17N3OS/c1-12-9-14-5-3-4-6-17(14)18(10-12)23-19(21-22-20(23)25)16-8-7-15(24)11-13(16)2/h3-11,24H,1-2H3,(H,22,25). The van der Waals surface area contributed by atoms with Gasteiger partial charge in [-0.3, -0.25) is 9.67 Å². The lowest BCUT2D eigenvalue weighted by molar-refractivity contribution is 0.475. The van der Waals surface area contributed by atoms with Crippen LogP contribution < -0.4 is 0 Å². The number of nitrogens with one attached hydrogen (secondary N) is 1. The first-order valence-electron chi connectivity index (χ1n) is 8.02. The van der Waals surface area contributed by atoms with E-state index in [1.54, 1.807) is 12.1 Å². The van der Waals surface area contributed by atoms with E-state index in [0.717, 1.165) is 39.0 Å². The topological polar surface area (TPSA) is 53.8 Å². The summed E-state index contributed by atoms with van der Waals surface area (Å²) in [6.45, 7) is 4.02. The Hall–Kier alpha value is -2.92. The number of hydrogen-bond acceptors (Lipinski definition) is 3. The van der Waals surface area contributed by atoms with Gasteiger partial charge in [-0.05, 0) is 66.8 Å². The van der Waals surface area contributed by atoms with Gasteiger partial charge in [-0.1, -0.05) is 30.3 Å². The first kappa shape index (κ1) is 15.6. The summed E-state index contributed by atoms with van der Waals surface area (Å²) in [6.07, 6.45) is 0. The largest absolute Gasteiger partial charge is 0.508 e. The third-order valence-corrected chi connectivity index (χ3v) is 4.62. The number of nitrogens with zero attached hydrogens (tertiary/aromatic N) is 2. The fourth-order valence-electron chi connectivity index (χ4n) is 3.22. The van der Waals surface area contributed by atoms with Crippen LogP contribution in [0.4, 0.5) is 0 Å². The summed E-state index contributed by atoms with van der Waals surface area (Å²) in [5.41, 5.74) is 4.02. The van der Waals surface area contributed by atoms with Gasteiger partial charge >= 0.3 is 0 Å². The number of aromatic hydroxyl groups is 1. The van der Waals surface area contributed by atoms with Gasteiger partial charge in [0, 0.05) is 10.9 Å². The van der Waals surface area contributed by atoms with E-state index in [1.807, 2.05) is 29.7 Å². The second-order valence-electron chi connectivity index (χ2n) is 6.19. The third-order valence-electron chi connectivity index (χ3n) is 4.35. The first-order valence-corrected chi connectivity index (χ1v) is 8.42. The lowest BCUT2D eigenvalue weighted by Gasteiger charge is -2.13. The highest BCUT2D eigenvalue weighted by molar-refractivity contribution is 7.71. The van der Waals surface area contributed by atoms with Crippen molar-refractivity contribution in [3.05, 3.63) is 70.5 Å². The van der Waals surface area contributed by atoms with Crippen LogP contribution in [0.2, 0.25) is 0 Å². The number of phenolic OH excluding ortho intramolecular Hbond substituents is 1. The SMILES string of the molecule is Cc1cc(-n2c(-c3ccc(O)cc3C)n[nH]c2=S)c2ccccc2c1. The van der Waals surface area contributed by atoms with Gasteiger partial charge in [0.15, 0.2) is 10.6 Å². The van der Waals surface area contributed by atoms with E-state index >= 15 is 0 Å². The Morgan fingerprint density at radius 3 is 2.64 bits per heavy atom. The number of fused-ring (bicyclic) bond motifs is 1. The highest BCUT2D eigenvalue weighted by Gasteiger charge is 2.15. The van der Waals surface area contributed by atoms with Gasteiger partial charge in [0.2, 0.25) is 0 Å². The minimum atomic E-state index is 0.239. The van der Waals surface area contributed by atoms with Gasteiger partial charge in [0.1, 0.15) is 5.75 Å². The molecule has 4 aromatic rings. The molecule has 3 aromatic carbocycles. The van der Waals surface area contributed by atoms with Crippen LogP contribution in [0.3, 0.4) is 0 Å². The van der Waals surface area contributed by atoms with E-state index < -0.39 is 0 Å². The Labute approximate surface area is 150 Å². The van der Waals surface area contributed by atoms with Gasteiger partial charge in [-0.15, -0.1) is 0 Å². The van der Waals surface area contributed by atoms with Crippen LogP contribution in [0, 0.1) is 18.6 Å². The quantitative estimate of drug-likeness (QED) is 0.498. The Bertz CT molecular complexity index is 1160. The number of H-pyrrole nitrogens is 1. The summed E-state index contributed by atoms with van der Waals surface area (Å²) in [4.78, 5) is 0. The smallest absolute Gasteiger partial charge is 0.200 e. The molecule has 124 valence electrons. The Kier molecular flexibility index (Phi) is 3.66. The summed E-state index contributed by atoms with van der Waals surface area (Å²) in [6, 6.07) is 17.8. The van der Waals surface area contributed by atoms with Crippen molar-refractivity contribution in [3.8, 4) is 22.8 Å². The third kappa shape index (κ3) is 2.62. The van der Waals surface area contributed by atoms with Crippen LogP contribution in [0.1, 0.15) is 11.1 Å². The van der Waals surface area contributed by atoms with E-state index in [0.29, 0.717) is 4.77 Å². The van der Waals surface area contributed by atoms with Crippen molar-refractivity contribution in [1.29, 1.82) is 0 Å². The predicted molar refractivity (Wildman–Crippen MR) is 103 cm³/mol. The van der Waals surface area contributed by atoms with Gasteiger partial charge in [-0.2, -0.15) is 5.10 Å². The molecule has 0 saturated carbocycles. The van der Waals surface area contributed by atoms with Crippen molar-refractivity contribution in [2.24, 2.45) is 0 Å². The van der Waals surface area contributed by atoms with Crippen LogP contribution >= 0.6 is 12.2 Å².